The molecular formula is C11H17NO2. The van der Waals surface area contributed by atoms with Gasteiger partial charge in [-0.05, 0) is 44.6 Å². The van der Waals surface area contributed by atoms with Gasteiger partial charge in [-0.25, -0.2) is 0 Å². The van der Waals surface area contributed by atoms with Crippen molar-refractivity contribution >= 4 is 5.78 Å². The highest BCUT2D eigenvalue weighted by molar-refractivity contribution is 6.01. The number of hydrogen-bond donors (Lipinski definition) is 1. The summed E-state index contributed by atoms with van der Waals surface area (Å²) < 4.78 is 5.34. The SMILES string of the molecule is CC(N)(C(=O)C1=CCCCO1)C1CC1. The highest BCUT2D eigenvalue weighted by atomic mass is 16.5. The zero-order valence-corrected chi connectivity index (χ0v) is 8.58. The second-order valence-corrected chi connectivity index (χ2v) is 4.45. The molecule has 1 atom stereocenters. The number of rotatable bonds is 3. The molecule has 1 saturated carbocycles. The highest BCUT2D eigenvalue weighted by Gasteiger charge is 2.45. The van der Waals surface area contributed by atoms with Crippen molar-refractivity contribution < 1.29 is 9.53 Å². The molecule has 78 valence electrons. The minimum absolute atomic E-state index is 0.0142. The van der Waals surface area contributed by atoms with Crippen molar-refractivity contribution in [1.29, 1.82) is 0 Å². The number of nitrogens with two attached hydrogens (primary N) is 1. The molecule has 0 aromatic rings. The van der Waals surface area contributed by atoms with Crippen molar-refractivity contribution in [2.45, 2.75) is 38.1 Å². The van der Waals surface area contributed by atoms with Crippen LogP contribution in [-0.4, -0.2) is 17.9 Å². The Labute approximate surface area is 84.3 Å². The lowest BCUT2D eigenvalue weighted by molar-refractivity contribution is -0.124. The summed E-state index contributed by atoms with van der Waals surface area (Å²) in [5.74, 6) is 0.842. The van der Waals surface area contributed by atoms with Crippen molar-refractivity contribution in [3.8, 4) is 0 Å². The maximum atomic E-state index is 12.0. The van der Waals surface area contributed by atoms with Crippen LogP contribution < -0.4 is 5.73 Å². The number of carbonyl (C=O) groups is 1. The lowest BCUT2D eigenvalue weighted by Gasteiger charge is -2.25. The first-order valence-electron chi connectivity index (χ1n) is 5.29. The molecule has 14 heavy (non-hydrogen) atoms. The Hall–Kier alpha value is -0.830. The fraction of sp³-hybridized carbons (Fsp3) is 0.727. The highest BCUT2D eigenvalue weighted by Crippen LogP contribution is 2.39. The summed E-state index contributed by atoms with van der Waals surface area (Å²) in [7, 11) is 0. The third kappa shape index (κ3) is 1.69. The third-order valence-electron chi connectivity index (χ3n) is 3.07. The summed E-state index contributed by atoms with van der Waals surface area (Å²) in [6.07, 6.45) is 5.96. The van der Waals surface area contributed by atoms with Crippen molar-refractivity contribution in [1.82, 2.24) is 0 Å². The number of Topliss-reactive ketones (excluding diaryl/α,β-unsaturated/α-hetero) is 1. The molecule has 1 heterocycles. The largest absolute Gasteiger partial charge is 0.490 e. The van der Waals surface area contributed by atoms with Gasteiger partial charge in [-0.15, -0.1) is 0 Å². The van der Waals surface area contributed by atoms with Crippen LogP contribution in [0, 0.1) is 5.92 Å². The lowest BCUT2D eigenvalue weighted by Crippen LogP contribution is -2.48. The van der Waals surface area contributed by atoms with Crippen molar-refractivity contribution in [2.75, 3.05) is 6.61 Å². The summed E-state index contributed by atoms with van der Waals surface area (Å²) in [6, 6.07) is 0. The molecule has 0 spiro atoms. The summed E-state index contributed by atoms with van der Waals surface area (Å²) in [5, 5.41) is 0. The standard InChI is InChI=1S/C11H17NO2/c1-11(12,8-5-6-8)10(13)9-4-2-3-7-14-9/h4,8H,2-3,5-7,12H2,1H3. The minimum Gasteiger partial charge on any atom is -0.490 e. The molecular weight excluding hydrogens is 178 g/mol. The first-order valence-corrected chi connectivity index (χ1v) is 5.29. The van der Waals surface area contributed by atoms with Gasteiger partial charge in [0.25, 0.3) is 0 Å². The molecule has 0 bridgehead atoms. The molecule has 0 amide bonds. The van der Waals surface area contributed by atoms with E-state index in [2.05, 4.69) is 0 Å². The van der Waals surface area contributed by atoms with E-state index < -0.39 is 5.54 Å². The second kappa shape index (κ2) is 3.39. The zero-order chi connectivity index (χ0) is 10.2. The topological polar surface area (TPSA) is 52.3 Å². The van der Waals surface area contributed by atoms with E-state index in [1.165, 1.54) is 0 Å². The molecule has 3 heteroatoms. The van der Waals surface area contributed by atoms with Crippen LogP contribution in [0.5, 0.6) is 0 Å². The monoisotopic (exact) mass is 195 g/mol. The first-order chi connectivity index (χ1) is 6.62. The molecule has 1 aliphatic heterocycles. The zero-order valence-electron chi connectivity index (χ0n) is 8.58. The van der Waals surface area contributed by atoms with Gasteiger partial charge < -0.3 is 10.5 Å². The Balaban J connectivity index is 2.09. The van der Waals surface area contributed by atoms with Gasteiger partial charge in [0.1, 0.15) is 0 Å². The van der Waals surface area contributed by atoms with Crippen LogP contribution in [0.1, 0.15) is 32.6 Å². The summed E-state index contributed by atoms with van der Waals surface area (Å²) in [4.78, 5) is 12.0. The molecule has 1 fully saturated rings. The smallest absolute Gasteiger partial charge is 0.216 e. The Bertz CT molecular complexity index is 277. The molecule has 3 nitrogen and oxygen atoms in total. The summed E-state index contributed by atoms with van der Waals surface area (Å²) in [5.41, 5.74) is 5.32. The molecule has 0 aromatic carbocycles. The van der Waals surface area contributed by atoms with Gasteiger partial charge in [-0.3, -0.25) is 4.79 Å². The van der Waals surface area contributed by atoms with Crippen LogP contribution in [0.3, 0.4) is 0 Å². The van der Waals surface area contributed by atoms with Crippen LogP contribution in [0.4, 0.5) is 0 Å². The Morgan fingerprint density at radius 2 is 2.36 bits per heavy atom. The van der Waals surface area contributed by atoms with Gasteiger partial charge in [0.15, 0.2) is 5.76 Å². The van der Waals surface area contributed by atoms with Gasteiger partial charge in [-0.1, -0.05) is 0 Å². The number of ketones is 1. The first kappa shape index (κ1) is 9.71. The van der Waals surface area contributed by atoms with Gasteiger partial charge in [0.05, 0.1) is 12.1 Å². The molecule has 0 radical (unpaired) electrons. The minimum atomic E-state index is -0.705. The fourth-order valence-corrected chi connectivity index (χ4v) is 1.85. The molecule has 2 N–H and O–H groups in total. The Morgan fingerprint density at radius 3 is 2.86 bits per heavy atom. The van der Waals surface area contributed by atoms with E-state index in [1.54, 1.807) is 0 Å². The number of carbonyl (C=O) groups excluding carboxylic acids is 1. The fourth-order valence-electron chi connectivity index (χ4n) is 1.85. The third-order valence-corrected chi connectivity index (χ3v) is 3.07. The lowest BCUT2D eigenvalue weighted by atomic mass is 9.90. The molecule has 2 aliphatic rings. The van der Waals surface area contributed by atoms with Crippen molar-refractivity contribution in [2.24, 2.45) is 11.7 Å². The van der Waals surface area contributed by atoms with Gasteiger partial charge in [0, 0.05) is 0 Å². The maximum absolute atomic E-state index is 12.0. The van der Waals surface area contributed by atoms with Crippen molar-refractivity contribution in [3.05, 3.63) is 11.8 Å². The van der Waals surface area contributed by atoms with Gasteiger partial charge >= 0.3 is 0 Å². The quantitative estimate of drug-likeness (QED) is 0.740. The van der Waals surface area contributed by atoms with Crippen molar-refractivity contribution in [3.63, 3.8) is 0 Å². The summed E-state index contributed by atoms with van der Waals surface area (Å²) >= 11 is 0. The second-order valence-electron chi connectivity index (χ2n) is 4.45. The molecule has 0 aromatic heterocycles. The van der Waals surface area contributed by atoms with E-state index in [0.717, 1.165) is 25.7 Å². The van der Waals surface area contributed by atoms with Gasteiger partial charge in [0.2, 0.25) is 5.78 Å². The van der Waals surface area contributed by atoms with E-state index in [0.29, 0.717) is 18.3 Å². The van der Waals surface area contributed by atoms with Crippen LogP contribution in [0.2, 0.25) is 0 Å². The number of ether oxygens (including phenoxy) is 1. The molecule has 2 rings (SSSR count). The van der Waals surface area contributed by atoms with Crippen LogP contribution >= 0.6 is 0 Å². The van der Waals surface area contributed by atoms with Crippen LogP contribution in [0.25, 0.3) is 0 Å². The van der Waals surface area contributed by atoms with E-state index in [4.69, 9.17) is 10.5 Å². The normalized spacial score (nSPS) is 26.0. The maximum Gasteiger partial charge on any atom is 0.216 e. The van der Waals surface area contributed by atoms with E-state index in [-0.39, 0.29) is 5.78 Å². The molecule has 1 unspecified atom stereocenters. The number of allylic oxidation sites excluding steroid dienone is 1. The average molecular weight is 195 g/mol. The number of hydrogen-bond acceptors (Lipinski definition) is 3. The van der Waals surface area contributed by atoms with Crippen LogP contribution in [-0.2, 0) is 9.53 Å². The van der Waals surface area contributed by atoms with Gasteiger partial charge in [-0.2, -0.15) is 0 Å². The Kier molecular flexibility index (Phi) is 2.35. The Morgan fingerprint density at radius 1 is 1.64 bits per heavy atom. The summed E-state index contributed by atoms with van der Waals surface area (Å²) in [6.45, 7) is 2.48. The molecule has 1 aliphatic carbocycles. The predicted molar refractivity (Wildman–Crippen MR) is 53.6 cm³/mol. The van der Waals surface area contributed by atoms with E-state index in [9.17, 15) is 4.79 Å². The average Bonchev–Trinajstić information content (AvgIpc) is 3.01. The predicted octanol–water partition coefficient (Wildman–Crippen LogP) is 1.38. The molecule has 0 saturated heterocycles. The van der Waals surface area contributed by atoms with E-state index >= 15 is 0 Å². The van der Waals surface area contributed by atoms with Crippen LogP contribution in [0.15, 0.2) is 11.8 Å². The van der Waals surface area contributed by atoms with E-state index in [1.807, 2.05) is 13.0 Å².